The molecule has 4 atom stereocenters. The zero-order valence-corrected chi connectivity index (χ0v) is 7.89. The topological polar surface area (TPSA) is 6.48 Å². The largest absolute Gasteiger partial charge is 0.231 e. The Balaban J connectivity index is 1.80. The van der Waals surface area contributed by atoms with Gasteiger partial charge in [-0.1, -0.05) is 12.2 Å². The van der Waals surface area contributed by atoms with Gasteiger partial charge >= 0.3 is 0 Å². The van der Waals surface area contributed by atoms with Gasteiger partial charge in [-0.15, -0.1) is 0 Å². The molecule has 2 heteroatoms. The van der Waals surface area contributed by atoms with E-state index in [0.717, 1.165) is 24.2 Å². The van der Waals surface area contributed by atoms with Gasteiger partial charge < -0.3 is 0 Å². The van der Waals surface area contributed by atoms with Crippen molar-refractivity contribution in [3.8, 4) is 0 Å². The second kappa shape index (κ2) is 2.18. The van der Waals surface area contributed by atoms with Gasteiger partial charge in [0.15, 0.2) is 0 Å². The molecular formula is C11H16N2. The van der Waals surface area contributed by atoms with Crippen LogP contribution in [0.25, 0.3) is 0 Å². The fourth-order valence-electron chi connectivity index (χ4n) is 3.91. The molecule has 0 amide bonds. The summed E-state index contributed by atoms with van der Waals surface area (Å²) in [7, 11) is 0. The molecule has 0 spiro atoms. The highest BCUT2D eigenvalue weighted by atomic mass is 15.7. The summed E-state index contributed by atoms with van der Waals surface area (Å²) >= 11 is 0. The van der Waals surface area contributed by atoms with Crippen molar-refractivity contribution >= 4 is 0 Å². The number of fused-ring (bicyclic) bond motifs is 3. The summed E-state index contributed by atoms with van der Waals surface area (Å²) in [6.07, 6.45) is 12.1. The number of hydrogen-bond donors (Lipinski definition) is 0. The number of hydrogen-bond acceptors (Lipinski definition) is 2. The van der Waals surface area contributed by atoms with Crippen LogP contribution in [0.15, 0.2) is 12.2 Å². The van der Waals surface area contributed by atoms with Crippen LogP contribution in [0, 0.1) is 0 Å². The third-order valence-corrected chi connectivity index (χ3v) is 4.39. The average Bonchev–Trinajstić information content (AvgIpc) is 2.80. The van der Waals surface area contributed by atoms with Gasteiger partial charge in [0.25, 0.3) is 0 Å². The normalized spacial score (nSPS) is 53.2. The Bertz CT molecular complexity index is 247. The molecular weight excluding hydrogens is 160 g/mol. The van der Waals surface area contributed by atoms with Crippen molar-refractivity contribution in [2.24, 2.45) is 0 Å². The van der Waals surface area contributed by atoms with E-state index in [1.165, 1.54) is 32.1 Å². The summed E-state index contributed by atoms with van der Waals surface area (Å²) < 4.78 is 0. The first kappa shape index (κ1) is 7.02. The van der Waals surface area contributed by atoms with Crippen LogP contribution in [-0.4, -0.2) is 34.2 Å². The van der Waals surface area contributed by atoms with Crippen molar-refractivity contribution in [1.29, 1.82) is 0 Å². The van der Waals surface area contributed by atoms with E-state index in [2.05, 4.69) is 22.2 Å². The molecule has 4 bridgehead atoms. The Morgan fingerprint density at radius 1 is 0.769 bits per heavy atom. The fraction of sp³-hybridized carbons (Fsp3) is 0.818. The zero-order valence-electron chi connectivity index (χ0n) is 7.89. The molecule has 5 rings (SSSR count). The minimum absolute atomic E-state index is 0.764. The van der Waals surface area contributed by atoms with Crippen molar-refractivity contribution in [3.05, 3.63) is 12.2 Å². The molecule has 2 saturated heterocycles. The minimum Gasteiger partial charge on any atom is -0.231 e. The van der Waals surface area contributed by atoms with E-state index < -0.39 is 0 Å². The van der Waals surface area contributed by atoms with Gasteiger partial charge in [-0.3, -0.25) is 0 Å². The van der Waals surface area contributed by atoms with Crippen molar-refractivity contribution in [2.75, 3.05) is 0 Å². The monoisotopic (exact) mass is 176 g/mol. The molecule has 2 aliphatic carbocycles. The first-order valence-electron chi connectivity index (χ1n) is 5.68. The molecule has 0 unspecified atom stereocenters. The number of nitrogens with zero attached hydrogens (tertiary/aromatic N) is 2. The lowest BCUT2D eigenvalue weighted by atomic mass is 9.92. The van der Waals surface area contributed by atoms with Crippen LogP contribution in [-0.2, 0) is 0 Å². The van der Waals surface area contributed by atoms with Gasteiger partial charge in [0.1, 0.15) is 0 Å². The minimum atomic E-state index is 0.764. The Labute approximate surface area is 79.2 Å². The summed E-state index contributed by atoms with van der Waals surface area (Å²) in [5.41, 5.74) is 0. The Hall–Kier alpha value is -0.340. The fourth-order valence-corrected chi connectivity index (χ4v) is 3.91. The molecule has 13 heavy (non-hydrogen) atoms. The van der Waals surface area contributed by atoms with Gasteiger partial charge in [-0.2, -0.15) is 0 Å². The Kier molecular flexibility index (Phi) is 1.18. The quantitative estimate of drug-likeness (QED) is 0.517. The number of rotatable bonds is 0. The summed E-state index contributed by atoms with van der Waals surface area (Å²) in [4.78, 5) is 0. The SMILES string of the molecule is C1=C[C@H]2CC[C@@H]1N1[C@@H]3CC[C@@H](C3)N21. The molecule has 5 aliphatic rings. The third-order valence-electron chi connectivity index (χ3n) is 4.39. The molecule has 2 nitrogen and oxygen atoms in total. The van der Waals surface area contributed by atoms with Crippen LogP contribution in [0.3, 0.4) is 0 Å². The summed E-state index contributed by atoms with van der Waals surface area (Å²) in [6.45, 7) is 0. The van der Waals surface area contributed by atoms with Gasteiger partial charge in [0, 0.05) is 24.2 Å². The van der Waals surface area contributed by atoms with Crippen LogP contribution in [0.1, 0.15) is 32.1 Å². The van der Waals surface area contributed by atoms with Crippen LogP contribution >= 0.6 is 0 Å². The smallest absolute Gasteiger partial charge is 0.0430 e. The van der Waals surface area contributed by atoms with E-state index >= 15 is 0 Å². The maximum atomic E-state index is 2.71. The van der Waals surface area contributed by atoms with Crippen molar-refractivity contribution in [1.82, 2.24) is 10.0 Å². The molecule has 0 aromatic heterocycles. The molecule has 70 valence electrons. The Morgan fingerprint density at radius 2 is 1.31 bits per heavy atom. The molecule has 0 aromatic rings. The lowest BCUT2D eigenvalue weighted by Crippen LogP contribution is -2.61. The summed E-state index contributed by atoms with van der Waals surface area (Å²) in [6, 6.07) is 3.34. The standard InChI is InChI=1S/C11H16N2/c1-2-9-4-3-8(1)12-10-5-6-11(7-10)13(9)12/h1-2,8-11H,3-7H2/t8-,9+,10-,11+. The first-order valence-corrected chi connectivity index (χ1v) is 5.68. The van der Waals surface area contributed by atoms with Crippen molar-refractivity contribution in [2.45, 2.75) is 56.3 Å². The first-order chi connectivity index (χ1) is 6.43. The lowest BCUT2D eigenvalue weighted by molar-refractivity contribution is -0.129. The zero-order chi connectivity index (χ0) is 8.41. The predicted molar refractivity (Wildman–Crippen MR) is 51.1 cm³/mol. The maximum Gasteiger partial charge on any atom is 0.0430 e. The van der Waals surface area contributed by atoms with Crippen molar-refractivity contribution in [3.63, 3.8) is 0 Å². The molecule has 1 saturated carbocycles. The molecule has 3 heterocycles. The van der Waals surface area contributed by atoms with Gasteiger partial charge in [-0.05, 0) is 32.1 Å². The van der Waals surface area contributed by atoms with E-state index in [4.69, 9.17) is 0 Å². The Morgan fingerprint density at radius 3 is 1.77 bits per heavy atom. The highest BCUT2D eigenvalue weighted by molar-refractivity contribution is 5.16. The second-order valence-electron chi connectivity index (χ2n) is 4.98. The molecule has 0 N–H and O–H groups in total. The van der Waals surface area contributed by atoms with Gasteiger partial charge in [0.2, 0.25) is 0 Å². The molecule has 0 aromatic carbocycles. The summed E-state index contributed by atoms with van der Waals surface area (Å²) in [5, 5.41) is 5.42. The third kappa shape index (κ3) is 0.728. The van der Waals surface area contributed by atoms with Crippen LogP contribution in [0.4, 0.5) is 0 Å². The van der Waals surface area contributed by atoms with Crippen LogP contribution in [0.5, 0.6) is 0 Å². The van der Waals surface area contributed by atoms with E-state index in [0.29, 0.717) is 0 Å². The van der Waals surface area contributed by atoms with Gasteiger partial charge in [-0.25, -0.2) is 10.0 Å². The maximum absolute atomic E-state index is 2.71. The second-order valence-corrected chi connectivity index (χ2v) is 4.98. The van der Waals surface area contributed by atoms with E-state index in [1.54, 1.807) is 0 Å². The lowest BCUT2D eigenvalue weighted by Gasteiger charge is -2.52. The van der Waals surface area contributed by atoms with Gasteiger partial charge in [0.05, 0.1) is 0 Å². The highest BCUT2D eigenvalue weighted by Crippen LogP contribution is 2.46. The summed E-state index contributed by atoms with van der Waals surface area (Å²) in [5.74, 6) is 0. The van der Waals surface area contributed by atoms with E-state index in [-0.39, 0.29) is 0 Å². The average molecular weight is 176 g/mol. The molecule has 3 aliphatic heterocycles. The van der Waals surface area contributed by atoms with E-state index in [1.807, 2.05) is 0 Å². The predicted octanol–water partition coefficient (Wildman–Crippen LogP) is 1.54. The van der Waals surface area contributed by atoms with E-state index in [9.17, 15) is 0 Å². The van der Waals surface area contributed by atoms with Crippen LogP contribution in [0.2, 0.25) is 0 Å². The van der Waals surface area contributed by atoms with Crippen molar-refractivity contribution < 1.29 is 0 Å². The molecule has 0 radical (unpaired) electrons. The number of hydrazine groups is 1. The highest BCUT2D eigenvalue weighted by Gasteiger charge is 2.52. The van der Waals surface area contributed by atoms with Crippen LogP contribution < -0.4 is 0 Å². The molecule has 3 fully saturated rings.